The zero-order valence-corrected chi connectivity index (χ0v) is 8.95. The van der Waals surface area contributed by atoms with E-state index in [9.17, 15) is 4.79 Å². The Hall–Kier alpha value is -1.62. The lowest BCUT2D eigenvalue weighted by molar-refractivity contribution is 0.0594. The maximum atomic E-state index is 11.3. The van der Waals surface area contributed by atoms with Crippen LogP contribution in [0.4, 0.5) is 0 Å². The molecule has 0 aliphatic rings. The summed E-state index contributed by atoms with van der Waals surface area (Å²) in [7, 11) is 1.31. The van der Waals surface area contributed by atoms with Crippen molar-refractivity contribution in [3.8, 4) is 0 Å². The molecule has 0 aliphatic heterocycles. The molecule has 0 saturated heterocycles. The van der Waals surface area contributed by atoms with Crippen LogP contribution in [0.1, 0.15) is 16.2 Å². The molecule has 15 heavy (non-hydrogen) atoms. The highest BCUT2D eigenvalue weighted by Gasteiger charge is 2.16. The van der Waals surface area contributed by atoms with Crippen LogP contribution in [-0.2, 0) is 4.74 Å². The number of aromatic nitrogens is 3. The average Bonchev–Trinajstić information content (AvgIpc) is 2.55. The van der Waals surface area contributed by atoms with E-state index in [0.717, 1.165) is 0 Å². The quantitative estimate of drug-likeness (QED) is 0.690. The van der Waals surface area contributed by atoms with Gasteiger partial charge in [-0.1, -0.05) is 11.6 Å². The number of fused-ring (bicyclic) bond motifs is 1. The monoisotopic (exact) mass is 225 g/mol. The van der Waals surface area contributed by atoms with Gasteiger partial charge in [0.2, 0.25) is 0 Å². The molecule has 2 aromatic heterocycles. The van der Waals surface area contributed by atoms with Crippen molar-refractivity contribution < 1.29 is 9.53 Å². The molecule has 0 unspecified atom stereocenters. The highest BCUT2D eigenvalue weighted by atomic mass is 35.5. The van der Waals surface area contributed by atoms with Crippen LogP contribution in [0, 0.1) is 6.92 Å². The summed E-state index contributed by atoms with van der Waals surface area (Å²) in [6, 6.07) is 3.30. The number of nitrogens with zero attached hydrogens (tertiary/aromatic N) is 3. The summed E-state index contributed by atoms with van der Waals surface area (Å²) in [4.78, 5) is 15.4. The zero-order valence-electron chi connectivity index (χ0n) is 8.19. The molecule has 0 radical (unpaired) electrons. The Kier molecular flexibility index (Phi) is 2.32. The van der Waals surface area contributed by atoms with Crippen LogP contribution >= 0.6 is 11.6 Å². The predicted molar refractivity (Wildman–Crippen MR) is 54.1 cm³/mol. The predicted octanol–water partition coefficient (Wildman–Crippen LogP) is 1.48. The van der Waals surface area contributed by atoms with Gasteiger partial charge in [-0.25, -0.2) is 14.3 Å². The first-order chi connectivity index (χ1) is 7.13. The van der Waals surface area contributed by atoms with Crippen molar-refractivity contribution in [2.24, 2.45) is 0 Å². The van der Waals surface area contributed by atoms with Crippen molar-refractivity contribution in [1.29, 1.82) is 0 Å². The summed E-state index contributed by atoms with van der Waals surface area (Å²) in [6.45, 7) is 1.73. The number of carbonyl (C=O) groups is 1. The third kappa shape index (κ3) is 1.55. The second-order valence-electron chi connectivity index (χ2n) is 2.96. The van der Waals surface area contributed by atoms with Gasteiger partial charge in [0.25, 0.3) is 0 Å². The van der Waals surface area contributed by atoms with Gasteiger partial charge >= 0.3 is 5.97 Å². The fourth-order valence-electron chi connectivity index (χ4n) is 1.31. The van der Waals surface area contributed by atoms with Gasteiger partial charge in [-0.2, -0.15) is 5.10 Å². The maximum Gasteiger partial charge on any atom is 0.358 e. The summed E-state index contributed by atoms with van der Waals surface area (Å²) < 4.78 is 6.11. The van der Waals surface area contributed by atoms with Gasteiger partial charge in [-0.05, 0) is 19.1 Å². The number of imidazole rings is 1. The third-order valence-electron chi connectivity index (χ3n) is 2.05. The molecule has 0 saturated carbocycles. The molecule has 6 heteroatoms. The second kappa shape index (κ2) is 3.51. The summed E-state index contributed by atoms with van der Waals surface area (Å²) in [6.07, 6.45) is 0. The van der Waals surface area contributed by atoms with Crippen molar-refractivity contribution in [2.75, 3.05) is 7.11 Å². The summed E-state index contributed by atoms with van der Waals surface area (Å²) in [5, 5.41) is 4.37. The first kappa shape index (κ1) is 9.92. The Labute approximate surface area is 90.6 Å². The van der Waals surface area contributed by atoms with Gasteiger partial charge in [-0.3, -0.25) is 0 Å². The highest BCUT2D eigenvalue weighted by Crippen LogP contribution is 2.13. The molecule has 2 heterocycles. The fraction of sp³-hybridized carbons (Fsp3) is 0.222. The molecule has 0 bridgehead atoms. The van der Waals surface area contributed by atoms with Gasteiger partial charge in [0, 0.05) is 0 Å². The van der Waals surface area contributed by atoms with E-state index in [1.54, 1.807) is 19.1 Å². The van der Waals surface area contributed by atoms with E-state index in [2.05, 4.69) is 14.8 Å². The van der Waals surface area contributed by atoms with E-state index in [1.165, 1.54) is 11.6 Å². The number of hydrogen-bond donors (Lipinski definition) is 0. The lowest BCUT2D eigenvalue weighted by atomic mass is 10.3. The molecule has 0 amide bonds. The van der Waals surface area contributed by atoms with Crippen LogP contribution in [0.25, 0.3) is 5.65 Å². The highest BCUT2D eigenvalue weighted by molar-refractivity contribution is 6.29. The largest absolute Gasteiger partial charge is 0.464 e. The van der Waals surface area contributed by atoms with Gasteiger partial charge in [-0.15, -0.1) is 0 Å². The van der Waals surface area contributed by atoms with Crippen molar-refractivity contribution in [1.82, 2.24) is 14.6 Å². The number of esters is 1. The van der Waals surface area contributed by atoms with E-state index in [0.29, 0.717) is 16.5 Å². The molecule has 2 aromatic rings. The first-order valence-corrected chi connectivity index (χ1v) is 4.61. The minimum Gasteiger partial charge on any atom is -0.464 e. The van der Waals surface area contributed by atoms with E-state index < -0.39 is 5.97 Å². The Morgan fingerprint density at radius 3 is 2.93 bits per heavy atom. The number of carbonyl (C=O) groups excluding carboxylic acids is 1. The van der Waals surface area contributed by atoms with Gasteiger partial charge in [0.15, 0.2) is 11.3 Å². The molecular weight excluding hydrogens is 218 g/mol. The fourth-order valence-corrected chi connectivity index (χ4v) is 1.45. The van der Waals surface area contributed by atoms with E-state index in [4.69, 9.17) is 11.6 Å². The zero-order chi connectivity index (χ0) is 11.0. The van der Waals surface area contributed by atoms with Crippen molar-refractivity contribution in [3.05, 3.63) is 28.7 Å². The maximum absolute atomic E-state index is 11.3. The molecule has 0 N–H and O–H groups in total. The van der Waals surface area contributed by atoms with E-state index in [-0.39, 0.29) is 5.69 Å². The molecule has 2 rings (SSSR count). The Morgan fingerprint density at radius 1 is 1.53 bits per heavy atom. The number of methoxy groups -OCH3 is 1. The molecule has 0 aliphatic carbocycles. The molecule has 78 valence electrons. The third-order valence-corrected chi connectivity index (χ3v) is 2.25. The lowest BCUT2D eigenvalue weighted by Gasteiger charge is -1.96. The standard InChI is InChI=1S/C9H8ClN3O2/c1-5-8(9(14)15-2)11-7-4-3-6(10)12-13(5)7/h3-4H,1-2H3. The topological polar surface area (TPSA) is 56.5 Å². The second-order valence-corrected chi connectivity index (χ2v) is 3.35. The van der Waals surface area contributed by atoms with E-state index >= 15 is 0 Å². The van der Waals surface area contributed by atoms with Crippen molar-refractivity contribution in [3.63, 3.8) is 0 Å². The molecule has 0 atom stereocenters. The number of ether oxygens (including phenoxy) is 1. The summed E-state index contributed by atoms with van der Waals surface area (Å²) in [5.41, 5.74) is 1.43. The molecule has 0 fully saturated rings. The van der Waals surface area contributed by atoms with Gasteiger partial charge < -0.3 is 4.74 Å². The number of halogens is 1. The Morgan fingerprint density at radius 2 is 2.27 bits per heavy atom. The van der Waals surface area contributed by atoms with Crippen LogP contribution in [-0.4, -0.2) is 27.7 Å². The molecule has 0 aromatic carbocycles. The van der Waals surface area contributed by atoms with Crippen LogP contribution in [0.3, 0.4) is 0 Å². The van der Waals surface area contributed by atoms with Crippen LogP contribution in [0.2, 0.25) is 5.15 Å². The van der Waals surface area contributed by atoms with Crippen LogP contribution < -0.4 is 0 Å². The SMILES string of the molecule is COC(=O)c1nc2ccc(Cl)nn2c1C. The number of rotatable bonds is 1. The van der Waals surface area contributed by atoms with E-state index in [1.807, 2.05) is 0 Å². The number of aryl methyl sites for hydroxylation is 1. The Bertz CT molecular complexity index is 535. The van der Waals surface area contributed by atoms with Crippen LogP contribution in [0.5, 0.6) is 0 Å². The first-order valence-electron chi connectivity index (χ1n) is 4.23. The Balaban J connectivity index is 2.69. The summed E-state index contributed by atoms with van der Waals surface area (Å²) >= 11 is 5.74. The minimum atomic E-state index is -0.478. The normalized spacial score (nSPS) is 10.6. The van der Waals surface area contributed by atoms with Crippen LogP contribution in [0.15, 0.2) is 12.1 Å². The molecule has 0 spiro atoms. The number of hydrogen-bond acceptors (Lipinski definition) is 4. The average molecular weight is 226 g/mol. The lowest BCUT2D eigenvalue weighted by Crippen LogP contribution is -2.04. The minimum absolute atomic E-state index is 0.257. The molecule has 5 nitrogen and oxygen atoms in total. The van der Waals surface area contributed by atoms with Gasteiger partial charge in [0.1, 0.15) is 5.15 Å². The van der Waals surface area contributed by atoms with Gasteiger partial charge in [0.05, 0.1) is 12.8 Å². The summed E-state index contributed by atoms with van der Waals surface area (Å²) in [5.74, 6) is -0.478. The van der Waals surface area contributed by atoms with Crippen molar-refractivity contribution >= 4 is 23.2 Å². The molecular formula is C9H8ClN3O2. The smallest absolute Gasteiger partial charge is 0.358 e. The van der Waals surface area contributed by atoms with Crippen molar-refractivity contribution in [2.45, 2.75) is 6.92 Å².